The molecule has 0 spiro atoms. The molecule has 7 aromatic carbocycles. The summed E-state index contributed by atoms with van der Waals surface area (Å²) in [5.74, 6) is 3.77. The van der Waals surface area contributed by atoms with Gasteiger partial charge in [0.1, 0.15) is 23.0 Å². The van der Waals surface area contributed by atoms with Gasteiger partial charge >= 0.3 is 0 Å². The highest BCUT2D eigenvalue weighted by Crippen LogP contribution is 2.50. The third kappa shape index (κ3) is 5.61. The Hall–Kier alpha value is -6.13. The van der Waals surface area contributed by atoms with Crippen molar-refractivity contribution in [2.24, 2.45) is 0 Å². The summed E-state index contributed by atoms with van der Waals surface area (Å²) in [6, 6.07) is 41.7. The minimum atomic E-state index is -0.111. The van der Waals surface area contributed by atoms with Crippen LogP contribution < -0.4 is 52.1 Å². The number of anilines is 6. The number of aryl methyl sites for hydroxylation is 6. The second-order valence-corrected chi connectivity index (χ2v) is 20.6. The monoisotopic (exact) mass is 808 g/mol. The van der Waals surface area contributed by atoms with Gasteiger partial charge in [0.05, 0.1) is 11.4 Å². The van der Waals surface area contributed by atoms with E-state index in [2.05, 4.69) is 202 Å². The normalized spacial score (nSPS) is 14.3. The van der Waals surface area contributed by atoms with Crippen LogP contribution in [-0.2, 0) is 10.8 Å². The molecular weight excluding hydrogens is 754 g/mol. The number of rotatable bonds is 2. The van der Waals surface area contributed by atoms with Gasteiger partial charge in [0.15, 0.2) is 0 Å². The molecule has 0 fully saturated rings. The molecule has 4 aliphatic rings. The summed E-state index contributed by atoms with van der Waals surface area (Å²) in [5.41, 5.74) is 24.3. The summed E-state index contributed by atoms with van der Waals surface area (Å²) in [4.78, 5) is 5.17. The Morgan fingerprint density at radius 2 is 0.774 bits per heavy atom. The van der Waals surface area contributed by atoms with Gasteiger partial charge in [0.25, 0.3) is 13.4 Å². The first-order valence-electron chi connectivity index (χ1n) is 22.3. The van der Waals surface area contributed by atoms with Crippen LogP contribution in [-0.4, -0.2) is 13.4 Å². The van der Waals surface area contributed by atoms with E-state index in [9.17, 15) is 0 Å². The molecule has 4 aliphatic heterocycles. The van der Waals surface area contributed by atoms with Crippen LogP contribution in [0.3, 0.4) is 0 Å². The van der Waals surface area contributed by atoms with Crippen LogP contribution >= 0.6 is 0 Å². The van der Waals surface area contributed by atoms with Crippen molar-refractivity contribution in [2.75, 3.05) is 9.80 Å². The van der Waals surface area contributed by atoms with Gasteiger partial charge in [-0.1, -0.05) is 108 Å². The molecule has 0 saturated heterocycles. The zero-order chi connectivity index (χ0) is 43.3. The topological polar surface area (TPSA) is 24.9 Å². The highest BCUT2D eigenvalue weighted by molar-refractivity contribution is 7.02. The number of nitrogens with zero attached hydrogens (tertiary/aromatic N) is 2. The smallest absolute Gasteiger partial charge is 0.256 e. The van der Waals surface area contributed by atoms with Crippen LogP contribution in [0.15, 0.2) is 109 Å². The largest absolute Gasteiger partial charge is 0.458 e. The SMILES string of the molecule is Cc1ccc2c(c1)Oc1cc(C(C)(C)C)cc3c1B2c1cc2c(cc1N3c1c(C)cccc1C)N(c1c(C)cccc1C)c1cc(C(C)(C)C)cc3c1B2c1ccc(C)cc1O3. The number of fused-ring (bicyclic) bond motifs is 8. The molecule has 62 heavy (non-hydrogen) atoms. The van der Waals surface area contributed by atoms with E-state index in [-0.39, 0.29) is 24.3 Å². The van der Waals surface area contributed by atoms with Gasteiger partial charge in [-0.25, -0.2) is 0 Å². The van der Waals surface area contributed by atoms with Crippen molar-refractivity contribution in [1.29, 1.82) is 0 Å². The summed E-state index contributed by atoms with van der Waals surface area (Å²) in [5, 5.41) is 0. The highest BCUT2D eigenvalue weighted by Gasteiger charge is 2.48. The molecule has 0 amide bonds. The molecule has 0 bridgehead atoms. The fraction of sp³-hybridized carbons (Fsp3) is 0.250. The Bertz CT molecular complexity index is 2850. The lowest BCUT2D eigenvalue weighted by atomic mass is 9.30. The third-order valence-electron chi connectivity index (χ3n) is 14.0. The van der Waals surface area contributed by atoms with Gasteiger partial charge in [-0.2, -0.15) is 0 Å². The third-order valence-corrected chi connectivity index (χ3v) is 14.0. The van der Waals surface area contributed by atoms with Crippen LogP contribution in [0.25, 0.3) is 0 Å². The maximum Gasteiger partial charge on any atom is 0.256 e. The molecular formula is C56H54B2N2O2. The molecule has 0 radical (unpaired) electrons. The van der Waals surface area contributed by atoms with Crippen LogP contribution in [0, 0.1) is 41.5 Å². The highest BCUT2D eigenvalue weighted by atomic mass is 16.5. The van der Waals surface area contributed by atoms with Crippen molar-refractivity contribution in [3.63, 3.8) is 0 Å². The van der Waals surface area contributed by atoms with E-state index in [1.807, 2.05) is 0 Å². The maximum absolute atomic E-state index is 7.07. The average molecular weight is 809 g/mol. The van der Waals surface area contributed by atoms with Gasteiger partial charge in [-0.3, -0.25) is 0 Å². The van der Waals surface area contributed by atoms with Crippen LogP contribution in [0.5, 0.6) is 23.0 Å². The van der Waals surface area contributed by atoms with Crippen molar-refractivity contribution in [3.8, 4) is 23.0 Å². The van der Waals surface area contributed by atoms with Crippen LogP contribution in [0.4, 0.5) is 34.1 Å². The average Bonchev–Trinajstić information content (AvgIpc) is 3.20. The van der Waals surface area contributed by atoms with Gasteiger partial charge in [0.2, 0.25) is 0 Å². The number of ether oxygens (including phenoxy) is 2. The summed E-state index contributed by atoms with van der Waals surface area (Å²) in [7, 11) is 0. The van der Waals surface area contributed by atoms with E-state index >= 15 is 0 Å². The number of hydrogen-bond acceptors (Lipinski definition) is 4. The zero-order valence-electron chi connectivity index (χ0n) is 38.3. The lowest BCUT2D eigenvalue weighted by Crippen LogP contribution is -2.64. The standard InChI is InChI=1S/C56H54B2N2O2/c1-31-19-21-39-47(23-31)61-49-27-37(55(7,8)9)25-45-51(49)57(39)41-29-42-44(30-43(41)59(45)53-33(3)15-13-16-34(53)4)60(54-35(5)17-14-18-36(54)6)46-26-38(56(10,11)12)28-50-52(46)58(42)40-22-20-32(2)24-48(40)62-50/h13-30H,1-12H3. The second kappa shape index (κ2) is 13.2. The summed E-state index contributed by atoms with van der Waals surface area (Å²) in [6.07, 6.45) is 0. The molecule has 0 saturated carbocycles. The first kappa shape index (κ1) is 38.8. The van der Waals surface area contributed by atoms with Gasteiger partial charge < -0.3 is 19.3 Å². The van der Waals surface area contributed by atoms with E-state index in [1.165, 1.54) is 111 Å². The number of benzene rings is 7. The fourth-order valence-corrected chi connectivity index (χ4v) is 10.9. The Balaban J connectivity index is 1.32. The summed E-state index contributed by atoms with van der Waals surface area (Å²) >= 11 is 0. The van der Waals surface area contributed by atoms with E-state index in [4.69, 9.17) is 9.47 Å². The first-order valence-corrected chi connectivity index (χ1v) is 22.3. The minimum Gasteiger partial charge on any atom is -0.458 e. The lowest BCUT2D eigenvalue weighted by Gasteiger charge is -2.45. The molecule has 4 heterocycles. The van der Waals surface area contributed by atoms with E-state index in [0.717, 1.165) is 23.0 Å². The Labute approximate surface area is 368 Å². The molecule has 11 rings (SSSR count). The van der Waals surface area contributed by atoms with Crippen molar-refractivity contribution in [3.05, 3.63) is 154 Å². The van der Waals surface area contributed by atoms with Crippen molar-refractivity contribution >= 4 is 80.3 Å². The van der Waals surface area contributed by atoms with E-state index in [1.54, 1.807) is 0 Å². The Morgan fingerprint density at radius 3 is 1.15 bits per heavy atom. The Morgan fingerprint density at radius 1 is 0.387 bits per heavy atom. The molecule has 0 atom stereocenters. The second-order valence-electron chi connectivity index (χ2n) is 20.6. The van der Waals surface area contributed by atoms with Crippen LogP contribution in [0.1, 0.15) is 86.1 Å². The summed E-state index contributed by atoms with van der Waals surface area (Å²) in [6.45, 7) is 27.1. The predicted molar refractivity (Wildman–Crippen MR) is 264 cm³/mol. The van der Waals surface area contributed by atoms with E-state index in [0.29, 0.717) is 0 Å². The lowest BCUT2D eigenvalue weighted by molar-refractivity contribution is 0.483. The molecule has 306 valence electrons. The summed E-state index contributed by atoms with van der Waals surface area (Å²) < 4.78 is 14.1. The van der Waals surface area contributed by atoms with Gasteiger partial charge in [0, 0.05) is 22.7 Å². The molecule has 0 N–H and O–H groups in total. The molecule has 4 nitrogen and oxygen atoms in total. The van der Waals surface area contributed by atoms with Gasteiger partial charge in [-0.15, -0.1) is 0 Å². The first-order chi connectivity index (χ1) is 29.5. The van der Waals surface area contributed by atoms with Gasteiger partial charge in [-0.05, 0) is 172 Å². The van der Waals surface area contributed by atoms with Crippen molar-refractivity contribution in [1.82, 2.24) is 0 Å². The Kier molecular flexibility index (Phi) is 8.25. The molecule has 0 aliphatic carbocycles. The van der Waals surface area contributed by atoms with E-state index < -0.39 is 0 Å². The van der Waals surface area contributed by atoms with Crippen molar-refractivity contribution in [2.45, 2.75) is 93.9 Å². The molecule has 0 aromatic heterocycles. The van der Waals surface area contributed by atoms with Crippen LogP contribution in [0.2, 0.25) is 0 Å². The van der Waals surface area contributed by atoms with Crippen molar-refractivity contribution < 1.29 is 9.47 Å². The zero-order valence-corrected chi connectivity index (χ0v) is 38.3. The minimum absolute atomic E-state index is 0.0469. The maximum atomic E-state index is 7.07. The molecule has 7 aromatic rings. The molecule has 6 heteroatoms. The predicted octanol–water partition coefficient (Wildman–Crippen LogP) is 10.9. The number of para-hydroxylation sites is 2. The molecule has 0 unspecified atom stereocenters. The fourth-order valence-electron chi connectivity index (χ4n) is 10.9. The number of hydrogen-bond donors (Lipinski definition) is 0. The quantitative estimate of drug-likeness (QED) is 0.162.